The number of carbonyl (C=O) groups excluding carboxylic acids is 1. The molecule has 0 bridgehead atoms. The molecule has 0 saturated heterocycles. The molecule has 0 spiro atoms. The smallest absolute Gasteiger partial charge is 0.340 e. The van der Waals surface area contributed by atoms with Gasteiger partial charge in [0.1, 0.15) is 0 Å². The van der Waals surface area contributed by atoms with E-state index in [2.05, 4.69) is 34.1 Å². The Bertz CT molecular complexity index is 1190. The highest BCUT2D eigenvalue weighted by molar-refractivity contribution is 6.23. The van der Waals surface area contributed by atoms with Crippen LogP contribution >= 0.6 is 0 Å². The average molecular weight is 413 g/mol. The Morgan fingerprint density at radius 3 is 2.72 bits per heavy atom. The molecule has 0 saturated carbocycles. The first-order valence-electron chi connectivity index (χ1n) is 9.50. The Labute approximate surface area is 175 Å². The van der Waals surface area contributed by atoms with Gasteiger partial charge < -0.3 is 33.2 Å². The van der Waals surface area contributed by atoms with Crippen molar-refractivity contribution in [2.75, 3.05) is 26.7 Å². The van der Waals surface area contributed by atoms with E-state index < -0.39 is 0 Å². The molecular weight excluding hydrogens is 388 g/mol. The fraction of sp³-hybridized carbons (Fsp3) is 0.273. The molecule has 0 amide bonds. The number of hydrogen-bond donors (Lipinski definition) is 3. The molecule has 4 N–H and O–H groups in total. The van der Waals surface area contributed by atoms with E-state index in [1.807, 2.05) is 30.5 Å². The van der Waals surface area contributed by atoms with Crippen LogP contribution in [0.3, 0.4) is 0 Å². The van der Waals surface area contributed by atoms with E-state index in [4.69, 9.17) is 10.5 Å². The number of pyridine rings is 1. The SMILES string of the molecule is COC(=O)c1c2cc[n+](CCNCCN)cc2c(C)c2c1[nH]c1ccccc12.[Cl-]. The van der Waals surface area contributed by atoms with Gasteiger partial charge in [0, 0.05) is 40.8 Å². The predicted octanol–water partition coefficient (Wildman–Crippen LogP) is -0.591. The number of nitrogens with zero attached hydrogens (tertiary/aromatic N) is 1. The summed E-state index contributed by atoms with van der Waals surface area (Å²) < 4.78 is 7.26. The molecule has 2 aromatic heterocycles. The number of H-pyrrole nitrogens is 1. The number of aromatic nitrogens is 2. The molecule has 0 unspecified atom stereocenters. The van der Waals surface area contributed by atoms with E-state index in [-0.39, 0.29) is 18.4 Å². The van der Waals surface area contributed by atoms with Gasteiger partial charge in [-0.05, 0) is 18.6 Å². The normalized spacial score (nSPS) is 11.1. The highest BCUT2D eigenvalue weighted by Gasteiger charge is 2.22. The molecule has 6 nitrogen and oxygen atoms in total. The second kappa shape index (κ2) is 8.78. The van der Waals surface area contributed by atoms with Crippen molar-refractivity contribution in [2.45, 2.75) is 13.5 Å². The average Bonchev–Trinajstić information content (AvgIpc) is 3.10. The van der Waals surface area contributed by atoms with Crippen LogP contribution in [-0.2, 0) is 11.3 Å². The summed E-state index contributed by atoms with van der Waals surface area (Å²) in [5.74, 6) is -0.330. The monoisotopic (exact) mass is 412 g/mol. The molecule has 152 valence electrons. The highest BCUT2D eigenvalue weighted by Crippen LogP contribution is 2.36. The summed E-state index contributed by atoms with van der Waals surface area (Å²) in [5.41, 5.74) is 9.12. The number of nitrogens with two attached hydrogens (primary N) is 1. The van der Waals surface area contributed by atoms with E-state index in [1.165, 1.54) is 7.11 Å². The van der Waals surface area contributed by atoms with Gasteiger partial charge in [0.15, 0.2) is 18.9 Å². The Hall–Kier alpha value is -2.67. The summed E-state index contributed by atoms with van der Waals surface area (Å²) in [6.07, 6.45) is 4.12. The maximum Gasteiger partial charge on any atom is 0.340 e. The second-order valence-corrected chi connectivity index (χ2v) is 6.96. The van der Waals surface area contributed by atoms with Crippen LogP contribution in [0.5, 0.6) is 0 Å². The molecule has 0 aliphatic carbocycles. The molecule has 7 heteroatoms. The van der Waals surface area contributed by atoms with E-state index >= 15 is 0 Å². The summed E-state index contributed by atoms with van der Waals surface area (Å²) in [5, 5.41) is 7.45. The first kappa shape index (κ1) is 21.0. The number of carbonyl (C=O) groups is 1. The van der Waals surface area contributed by atoms with Crippen molar-refractivity contribution in [1.29, 1.82) is 0 Å². The second-order valence-electron chi connectivity index (χ2n) is 6.96. The van der Waals surface area contributed by atoms with Gasteiger partial charge in [-0.3, -0.25) is 0 Å². The number of ether oxygens (including phenoxy) is 1. The number of rotatable bonds is 6. The summed E-state index contributed by atoms with van der Waals surface area (Å²) >= 11 is 0. The van der Waals surface area contributed by atoms with Crippen LogP contribution in [0.1, 0.15) is 15.9 Å². The molecule has 4 aromatic rings. The number of aryl methyl sites for hydroxylation is 1. The van der Waals surface area contributed by atoms with Gasteiger partial charge in [-0.15, -0.1) is 0 Å². The van der Waals surface area contributed by atoms with Gasteiger partial charge in [0.25, 0.3) is 0 Å². The molecule has 2 aromatic carbocycles. The lowest BCUT2D eigenvalue weighted by atomic mass is 9.96. The number of esters is 1. The summed E-state index contributed by atoms with van der Waals surface area (Å²) in [6, 6.07) is 10.1. The minimum atomic E-state index is -0.330. The zero-order valence-corrected chi connectivity index (χ0v) is 17.3. The molecule has 4 rings (SSSR count). The summed E-state index contributed by atoms with van der Waals surface area (Å²) in [6.45, 7) is 5.21. The van der Waals surface area contributed by atoms with Gasteiger partial charge in [-0.2, -0.15) is 0 Å². The number of halogens is 1. The zero-order valence-electron chi connectivity index (χ0n) is 16.6. The van der Waals surface area contributed by atoms with Crippen LogP contribution < -0.4 is 28.0 Å². The van der Waals surface area contributed by atoms with Crippen LogP contribution in [-0.4, -0.2) is 37.7 Å². The molecule has 0 atom stereocenters. The maximum atomic E-state index is 12.7. The van der Waals surface area contributed by atoms with E-state index in [0.29, 0.717) is 12.1 Å². The first-order valence-corrected chi connectivity index (χ1v) is 9.50. The lowest BCUT2D eigenvalue weighted by Crippen LogP contribution is -3.00. The van der Waals surface area contributed by atoms with Gasteiger partial charge >= 0.3 is 5.97 Å². The van der Waals surface area contributed by atoms with E-state index in [0.717, 1.165) is 57.8 Å². The summed E-state index contributed by atoms with van der Waals surface area (Å²) in [7, 11) is 1.43. The summed E-state index contributed by atoms with van der Waals surface area (Å²) in [4.78, 5) is 16.1. The topological polar surface area (TPSA) is 84.0 Å². The molecule has 0 aliphatic rings. The van der Waals surface area contributed by atoms with Crippen LogP contribution in [0.15, 0.2) is 42.7 Å². The number of benzene rings is 2. The Morgan fingerprint density at radius 1 is 1.17 bits per heavy atom. The molecule has 2 heterocycles. The number of nitrogens with one attached hydrogen (secondary N) is 2. The van der Waals surface area contributed by atoms with Crippen molar-refractivity contribution in [3.05, 3.63) is 53.9 Å². The molecule has 0 radical (unpaired) electrons. The number of hydrogen-bond acceptors (Lipinski definition) is 4. The third kappa shape index (κ3) is 3.67. The van der Waals surface area contributed by atoms with Crippen LogP contribution in [0.4, 0.5) is 0 Å². The Kier molecular flexibility index (Phi) is 6.37. The van der Waals surface area contributed by atoms with Crippen LogP contribution in [0.2, 0.25) is 0 Å². The van der Waals surface area contributed by atoms with Crippen molar-refractivity contribution in [3.63, 3.8) is 0 Å². The third-order valence-corrected chi connectivity index (χ3v) is 5.28. The van der Waals surface area contributed by atoms with Crippen molar-refractivity contribution < 1.29 is 26.5 Å². The number of aromatic amines is 1. The zero-order chi connectivity index (χ0) is 19.7. The third-order valence-electron chi connectivity index (χ3n) is 5.28. The van der Waals surface area contributed by atoms with Crippen molar-refractivity contribution >= 4 is 38.5 Å². The predicted molar refractivity (Wildman–Crippen MR) is 112 cm³/mol. The minimum absolute atomic E-state index is 0. The highest BCUT2D eigenvalue weighted by atomic mass is 35.5. The molecule has 0 fully saturated rings. The Morgan fingerprint density at radius 2 is 1.97 bits per heavy atom. The fourth-order valence-corrected chi connectivity index (χ4v) is 3.93. The minimum Gasteiger partial charge on any atom is -1.00 e. The van der Waals surface area contributed by atoms with E-state index in [1.54, 1.807) is 0 Å². The quantitative estimate of drug-likeness (QED) is 0.224. The van der Waals surface area contributed by atoms with Crippen molar-refractivity contribution in [1.82, 2.24) is 10.3 Å². The number of fused-ring (bicyclic) bond motifs is 4. The Balaban J connectivity index is 0.00000240. The largest absolute Gasteiger partial charge is 1.00 e. The standard InChI is InChI=1S/C22H24N4O2.ClH/c1-14-17-13-26(12-10-24-9-8-23)11-7-15(17)20(22(27)28-2)21-19(14)16-5-3-4-6-18(16)25-21;/h3-7,11,13,24H,8-10,12,23H2,1-2H3;1H. The first-order chi connectivity index (χ1) is 13.7. The maximum absolute atomic E-state index is 12.7. The lowest BCUT2D eigenvalue weighted by Gasteiger charge is -2.10. The van der Waals surface area contributed by atoms with Gasteiger partial charge in [-0.1, -0.05) is 18.2 Å². The van der Waals surface area contributed by atoms with Crippen molar-refractivity contribution in [2.24, 2.45) is 5.73 Å². The van der Waals surface area contributed by atoms with Crippen molar-refractivity contribution in [3.8, 4) is 0 Å². The number of methoxy groups -OCH3 is 1. The fourth-order valence-electron chi connectivity index (χ4n) is 3.93. The molecular formula is C22H25ClN4O2. The molecule has 29 heavy (non-hydrogen) atoms. The van der Waals surface area contributed by atoms with Crippen LogP contribution in [0, 0.1) is 6.92 Å². The van der Waals surface area contributed by atoms with Gasteiger partial charge in [0.2, 0.25) is 0 Å². The molecule has 0 aliphatic heterocycles. The number of para-hydroxylation sites is 1. The lowest BCUT2D eigenvalue weighted by molar-refractivity contribution is -0.693. The van der Waals surface area contributed by atoms with E-state index in [9.17, 15) is 4.79 Å². The van der Waals surface area contributed by atoms with Gasteiger partial charge in [0.05, 0.1) is 30.1 Å². The van der Waals surface area contributed by atoms with Gasteiger partial charge in [-0.25, -0.2) is 9.36 Å². The van der Waals surface area contributed by atoms with Crippen LogP contribution in [0.25, 0.3) is 32.6 Å².